The molecule has 7 heteroatoms. The summed E-state index contributed by atoms with van der Waals surface area (Å²) in [6.07, 6.45) is -0.221. The molecule has 0 spiro atoms. The largest absolute Gasteiger partial charge is 0.497 e. The summed E-state index contributed by atoms with van der Waals surface area (Å²) in [5.41, 5.74) is 3.06. The normalized spacial score (nSPS) is 18.0. The van der Waals surface area contributed by atoms with Crippen molar-refractivity contribution in [2.45, 2.75) is 31.1 Å². The summed E-state index contributed by atoms with van der Waals surface area (Å²) in [5.74, 6) is 1.16. The van der Waals surface area contributed by atoms with Gasteiger partial charge in [0.2, 0.25) is 0 Å². The van der Waals surface area contributed by atoms with Gasteiger partial charge in [-0.3, -0.25) is 9.69 Å². The fourth-order valence-electron chi connectivity index (χ4n) is 5.01. The maximum atomic E-state index is 12.3. The number of esters is 1. The van der Waals surface area contributed by atoms with Crippen LogP contribution in [0.2, 0.25) is 0 Å². The number of aliphatic hydroxyl groups is 1. The van der Waals surface area contributed by atoms with E-state index in [4.69, 9.17) is 18.9 Å². The van der Waals surface area contributed by atoms with Crippen LogP contribution in [0.3, 0.4) is 0 Å². The number of ether oxygens (including phenoxy) is 4. The Labute approximate surface area is 218 Å². The molecule has 1 saturated heterocycles. The van der Waals surface area contributed by atoms with E-state index in [9.17, 15) is 9.90 Å². The molecule has 1 fully saturated rings. The van der Waals surface area contributed by atoms with Gasteiger partial charge >= 0.3 is 5.97 Å². The average Bonchev–Trinajstić information content (AvgIpc) is 3.31. The molecule has 3 aromatic rings. The Balaban J connectivity index is 1.76. The minimum atomic E-state index is -0.939. The molecule has 0 aliphatic carbocycles. The van der Waals surface area contributed by atoms with Crippen molar-refractivity contribution >= 4 is 5.97 Å². The Bertz CT molecular complexity index is 1110. The zero-order valence-corrected chi connectivity index (χ0v) is 21.8. The predicted octanol–water partition coefficient (Wildman–Crippen LogP) is 3.93. The Morgan fingerprint density at radius 1 is 0.865 bits per heavy atom. The lowest BCUT2D eigenvalue weighted by atomic mass is 9.79. The number of methoxy groups -OCH3 is 3. The van der Waals surface area contributed by atoms with Gasteiger partial charge in [-0.2, -0.15) is 0 Å². The van der Waals surface area contributed by atoms with Crippen LogP contribution in [0.15, 0.2) is 72.8 Å². The minimum absolute atomic E-state index is 0.312. The first kappa shape index (κ1) is 26.7. The summed E-state index contributed by atoms with van der Waals surface area (Å²) < 4.78 is 22.7. The number of aliphatic hydroxyl groups excluding tert-OH is 1. The van der Waals surface area contributed by atoms with E-state index in [-0.39, 0.29) is 5.97 Å². The second kappa shape index (κ2) is 11.8. The van der Waals surface area contributed by atoms with Crippen molar-refractivity contribution in [2.75, 3.05) is 41.0 Å². The van der Waals surface area contributed by atoms with E-state index in [1.807, 2.05) is 53.4 Å². The maximum Gasteiger partial charge on any atom is 0.323 e. The molecule has 1 heterocycles. The Morgan fingerprint density at radius 3 is 1.81 bits per heavy atom. The lowest BCUT2D eigenvalue weighted by Gasteiger charge is -2.37. The molecule has 37 heavy (non-hydrogen) atoms. The van der Waals surface area contributed by atoms with Crippen molar-refractivity contribution in [1.29, 1.82) is 0 Å². The number of hydrogen-bond acceptors (Lipinski definition) is 7. The fourth-order valence-corrected chi connectivity index (χ4v) is 5.01. The molecule has 3 aromatic carbocycles. The van der Waals surface area contributed by atoms with E-state index in [2.05, 4.69) is 31.2 Å². The lowest BCUT2D eigenvalue weighted by molar-refractivity contribution is -0.146. The molecule has 0 amide bonds. The first-order valence-electron chi connectivity index (χ1n) is 12.4. The van der Waals surface area contributed by atoms with Crippen molar-refractivity contribution in [3.05, 3.63) is 95.1 Å². The fraction of sp³-hybridized carbons (Fsp3) is 0.367. The van der Waals surface area contributed by atoms with Gasteiger partial charge in [0.1, 0.15) is 23.1 Å². The van der Waals surface area contributed by atoms with Crippen LogP contribution in [0.1, 0.15) is 28.7 Å². The van der Waals surface area contributed by atoms with E-state index >= 15 is 0 Å². The molecule has 1 N–H and O–H groups in total. The van der Waals surface area contributed by atoms with Crippen LogP contribution in [0, 0.1) is 6.92 Å². The SMILES string of the molecule is COC(=O)[C@@H]1C[C@H](O)CN1CCOC(c1ccc(C)cc1)(c1ccc(OC)cc1)c1ccc(OC)cc1. The van der Waals surface area contributed by atoms with Gasteiger partial charge in [0.25, 0.3) is 0 Å². The minimum Gasteiger partial charge on any atom is -0.497 e. The number of likely N-dealkylation sites (tertiary alicyclic amines) is 1. The molecule has 0 bridgehead atoms. The first-order chi connectivity index (χ1) is 17.9. The molecule has 0 saturated carbocycles. The third-order valence-electron chi connectivity index (χ3n) is 7.00. The maximum absolute atomic E-state index is 12.3. The Hall–Kier alpha value is -3.39. The highest BCUT2D eigenvalue weighted by molar-refractivity contribution is 5.76. The average molecular weight is 506 g/mol. The topological polar surface area (TPSA) is 77.5 Å². The number of hydrogen-bond donors (Lipinski definition) is 1. The second-order valence-electron chi connectivity index (χ2n) is 9.28. The number of nitrogens with zero attached hydrogens (tertiary/aromatic N) is 1. The van der Waals surface area contributed by atoms with Crippen LogP contribution in [0.5, 0.6) is 11.5 Å². The molecule has 7 nitrogen and oxygen atoms in total. The highest BCUT2D eigenvalue weighted by Crippen LogP contribution is 2.42. The molecule has 1 aliphatic rings. The number of rotatable bonds is 10. The molecule has 0 radical (unpaired) electrons. The van der Waals surface area contributed by atoms with E-state index in [1.54, 1.807) is 14.2 Å². The molecule has 0 unspecified atom stereocenters. The zero-order chi connectivity index (χ0) is 26.4. The second-order valence-corrected chi connectivity index (χ2v) is 9.28. The molecule has 0 aromatic heterocycles. The highest BCUT2D eigenvalue weighted by Gasteiger charge is 2.40. The van der Waals surface area contributed by atoms with Crippen LogP contribution in [-0.2, 0) is 19.9 Å². The Morgan fingerprint density at radius 2 is 1.35 bits per heavy atom. The zero-order valence-electron chi connectivity index (χ0n) is 21.8. The van der Waals surface area contributed by atoms with Crippen molar-refractivity contribution < 1.29 is 28.8 Å². The summed E-state index contributed by atoms with van der Waals surface area (Å²) in [4.78, 5) is 14.2. The van der Waals surface area contributed by atoms with Gasteiger partial charge in [-0.1, -0.05) is 54.1 Å². The van der Waals surface area contributed by atoms with Gasteiger partial charge in [0.05, 0.1) is 34.0 Å². The van der Waals surface area contributed by atoms with Gasteiger partial charge < -0.3 is 24.1 Å². The number of carbonyl (C=O) groups is 1. The summed E-state index contributed by atoms with van der Waals surface area (Å²) in [5, 5.41) is 10.2. The van der Waals surface area contributed by atoms with Gasteiger partial charge in [-0.15, -0.1) is 0 Å². The van der Waals surface area contributed by atoms with Crippen molar-refractivity contribution in [3.8, 4) is 11.5 Å². The Kier molecular flexibility index (Phi) is 8.48. The van der Waals surface area contributed by atoms with Crippen molar-refractivity contribution in [3.63, 3.8) is 0 Å². The van der Waals surface area contributed by atoms with E-state index in [0.29, 0.717) is 26.1 Å². The van der Waals surface area contributed by atoms with Crippen LogP contribution in [0.25, 0.3) is 0 Å². The molecule has 4 rings (SSSR count). The van der Waals surface area contributed by atoms with Crippen LogP contribution in [0.4, 0.5) is 0 Å². The molecular formula is C30H35NO6. The number of aryl methyl sites for hydroxylation is 1. The summed E-state index contributed by atoms with van der Waals surface area (Å²) >= 11 is 0. The van der Waals surface area contributed by atoms with Gasteiger partial charge in [-0.25, -0.2) is 0 Å². The lowest BCUT2D eigenvalue weighted by Crippen LogP contribution is -2.41. The smallest absolute Gasteiger partial charge is 0.323 e. The summed E-state index contributed by atoms with van der Waals surface area (Å²) in [6, 6.07) is 23.6. The number of benzene rings is 3. The highest BCUT2D eigenvalue weighted by atomic mass is 16.5. The third kappa shape index (κ3) is 5.64. The van der Waals surface area contributed by atoms with Crippen molar-refractivity contribution in [2.24, 2.45) is 0 Å². The molecule has 2 atom stereocenters. The predicted molar refractivity (Wildman–Crippen MR) is 141 cm³/mol. The monoisotopic (exact) mass is 505 g/mol. The standard InChI is InChI=1S/C30H35NO6/c1-21-5-7-22(8-6-21)30(23-9-13-26(34-2)14-10-23,24-11-15-27(35-3)16-12-24)37-18-17-31-20-25(32)19-28(31)29(33)36-4/h5-16,25,28,32H,17-20H2,1-4H3/t25-,28-/m0/s1. The first-order valence-corrected chi connectivity index (χ1v) is 12.4. The quantitative estimate of drug-likeness (QED) is 0.331. The summed E-state index contributed by atoms with van der Waals surface area (Å²) in [7, 11) is 4.66. The van der Waals surface area contributed by atoms with Gasteiger partial charge in [0, 0.05) is 19.5 Å². The summed E-state index contributed by atoms with van der Waals surface area (Å²) in [6.45, 7) is 3.22. The number of carbonyl (C=O) groups excluding carboxylic acids is 1. The molecular weight excluding hydrogens is 470 g/mol. The van der Waals surface area contributed by atoms with E-state index < -0.39 is 17.7 Å². The van der Waals surface area contributed by atoms with Gasteiger partial charge in [-0.05, 0) is 47.9 Å². The van der Waals surface area contributed by atoms with Crippen LogP contribution in [-0.4, -0.2) is 69.1 Å². The van der Waals surface area contributed by atoms with Gasteiger partial charge in [0.15, 0.2) is 0 Å². The third-order valence-corrected chi connectivity index (χ3v) is 7.00. The number of β-amino-alcohol motifs (C(OH)–C–C–N with tert-alkyl or cyclic N) is 1. The van der Waals surface area contributed by atoms with E-state index in [1.165, 1.54) is 7.11 Å². The molecule has 196 valence electrons. The van der Waals surface area contributed by atoms with Crippen molar-refractivity contribution in [1.82, 2.24) is 4.90 Å². The molecule has 1 aliphatic heterocycles. The van der Waals surface area contributed by atoms with Crippen LogP contribution >= 0.6 is 0 Å². The van der Waals surface area contributed by atoms with Crippen LogP contribution < -0.4 is 9.47 Å². The van der Waals surface area contributed by atoms with E-state index in [0.717, 1.165) is 33.8 Å².